The number of hydrogen-bond donors (Lipinski definition) is 2. The summed E-state index contributed by atoms with van der Waals surface area (Å²) in [5.74, 6) is -1.74. The van der Waals surface area contributed by atoms with Gasteiger partial charge in [0.15, 0.2) is 0 Å². The minimum Gasteiger partial charge on any atom is -0.487 e. The van der Waals surface area contributed by atoms with Crippen LogP contribution in [0.5, 0.6) is 5.75 Å². The van der Waals surface area contributed by atoms with E-state index in [9.17, 15) is 18.0 Å². The van der Waals surface area contributed by atoms with Crippen LogP contribution >= 0.6 is 0 Å². The standard InChI is InChI=1S/C20H30N2O3.C2HF3O2/c1-15(2)19(23)21-17-14-20(25-18-7-5-4-6-16(17)18)8-10-22(11-9-20)12-13-24-3;3-2(4,5)1(6)7/h4-7,15,17H,8-14H2,1-3H3,(H,21,23);(H,6,7). The van der Waals surface area contributed by atoms with Crippen molar-refractivity contribution in [3.8, 4) is 5.75 Å². The molecule has 2 N–H and O–H groups in total. The predicted octanol–water partition coefficient (Wildman–Crippen LogP) is 3.40. The first kappa shape index (κ1) is 25.9. The third-order valence-corrected chi connectivity index (χ3v) is 5.66. The summed E-state index contributed by atoms with van der Waals surface area (Å²) in [6.45, 7) is 7.63. The molecule has 1 unspecified atom stereocenters. The number of carboxylic acids is 1. The summed E-state index contributed by atoms with van der Waals surface area (Å²) < 4.78 is 43.4. The Morgan fingerprint density at radius 1 is 1.28 bits per heavy atom. The van der Waals surface area contributed by atoms with Crippen molar-refractivity contribution < 1.29 is 37.3 Å². The summed E-state index contributed by atoms with van der Waals surface area (Å²) in [5, 5.41) is 10.4. The number of hydrogen-bond acceptors (Lipinski definition) is 5. The van der Waals surface area contributed by atoms with E-state index in [2.05, 4.69) is 16.3 Å². The molecule has 3 rings (SSSR count). The third kappa shape index (κ3) is 7.09. The molecule has 0 aromatic heterocycles. The first-order valence-corrected chi connectivity index (χ1v) is 10.6. The number of piperidine rings is 1. The van der Waals surface area contributed by atoms with Gasteiger partial charge in [0, 0.05) is 44.6 Å². The Bertz CT molecular complexity index is 777. The number of amides is 1. The van der Waals surface area contributed by atoms with Gasteiger partial charge in [-0.05, 0) is 18.9 Å². The summed E-state index contributed by atoms with van der Waals surface area (Å²) in [7, 11) is 1.74. The van der Waals surface area contributed by atoms with E-state index in [0.29, 0.717) is 0 Å². The molecule has 0 radical (unpaired) electrons. The van der Waals surface area contributed by atoms with Gasteiger partial charge < -0.3 is 24.8 Å². The molecule has 10 heteroatoms. The molecule has 1 amide bonds. The first-order chi connectivity index (χ1) is 15.0. The third-order valence-electron chi connectivity index (χ3n) is 5.66. The van der Waals surface area contributed by atoms with Gasteiger partial charge in [0.05, 0.1) is 12.6 Å². The molecule has 1 spiro atoms. The van der Waals surface area contributed by atoms with Crippen LogP contribution in [-0.4, -0.2) is 67.0 Å². The normalized spacial score (nSPS) is 20.0. The topological polar surface area (TPSA) is 88.1 Å². The lowest BCUT2D eigenvalue weighted by atomic mass is 9.80. The number of fused-ring (bicyclic) bond motifs is 1. The first-order valence-electron chi connectivity index (χ1n) is 10.6. The van der Waals surface area contributed by atoms with E-state index in [4.69, 9.17) is 19.4 Å². The van der Waals surface area contributed by atoms with Gasteiger partial charge >= 0.3 is 12.1 Å². The number of nitrogens with one attached hydrogen (secondary N) is 1. The minimum atomic E-state index is -5.08. The van der Waals surface area contributed by atoms with Gasteiger partial charge in [-0.3, -0.25) is 4.79 Å². The predicted molar refractivity (Wildman–Crippen MR) is 111 cm³/mol. The fraction of sp³-hybridized carbons (Fsp3) is 0.636. The van der Waals surface area contributed by atoms with Gasteiger partial charge in [0.2, 0.25) is 5.91 Å². The lowest BCUT2D eigenvalue weighted by Crippen LogP contribution is -2.52. The van der Waals surface area contributed by atoms with Gasteiger partial charge in [-0.1, -0.05) is 32.0 Å². The molecule has 1 aromatic rings. The van der Waals surface area contributed by atoms with Crippen molar-refractivity contribution in [3.63, 3.8) is 0 Å². The van der Waals surface area contributed by atoms with Crippen molar-refractivity contribution >= 4 is 11.9 Å². The number of ether oxygens (including phenoxy) is 2. The zero-order valence-electron chi connectivity index (χ0n) is 18.6. The number of para-hydroxylation sites is 1. The summed E-state index contributed by atoms with van der Waals surface area (Å²) in [6.07, 6.45) is -2.27. The number of methoxy groups -OCH3 is 1. The molecule has 32 heavy (non-hydrogen) atoms. The maximum Gasteiger partial charge on any atom is 0.490 e. The highest BCUT2D eigenvalue weighted by atomic mass is 19.4. The smallest absolute Gasteiger partial charge is 0.487 e. The second-order valence-corrected chi connectivity index (χ2v) is 8.38. The van der Waals surface area contributed by atoms with E-state index in [1.165, 1.54) is 0 Å². The number of carbonyl (C=O) groups excluding carboxylic acids is 1. The maximum absolute atomic E-state index is 12.3. The van der Waals surface area contributed by atoms with Crippen molar-refractivity contribution in [3.05, 3.63) is 29.8 Å². The lowest BCUT2D eigenvalue weighted by molar-refractivity contribution is -0.192. The van der Waals surface area contributed by atoms with Crippen LogP contribution < -0.4 is 10.1 Å². The molecular formula is C22H31F3N2O5. The fourth-order valence-electron chi connectivity index (χ4n) is 3.80. The highest BCUT2D eigenvalue weighted by molar-refractivity contribution is 5.78. The van der Waals surface area contributed by atoms with Crippen molar-refractivity contribution in [1.82, 2.24) is 10.2 Å². The Labute approximate surface area is 185 Å². The SMILES string of the molecule is COCCN1CCC2(CC1)CC(NC(=O)C(C)C)c1ccccc1O2.O=C(O)C(F)(F)F. The van der Waals surface area contributed by atoms with E-state index >= 15 is 0 Å². The van der Waals surface area contributed by atoms with Gasteiger partial charge in [-0.15, -0.1) is 0 Å². The zero-order chi connectivity index (χ0) is 23.9. The molecule has 1 saturated heterocycles. The highest BCUT2D eigenvalue weighted by Crippen LogP contribution is 2.44. The number of likely N-dealkylation sites (tertiary alicyclic amines) is 1. The Morgan fingerprint density at radius 2 is 1.88 bits per heavy atom. The van der Waals surface area contributed by atoms with Crippen LogP contribution in [0.1, 0.15) is 44.7 Å². The summed E-state index contributed by atoms with van der Waals surface area (Å²) in [6, 6.07) is 8.16. The number of benzene rings is 1. The number of carbonyl (C=O) groups is 2. The molecular weight excluding hydrogens is 429 g/mol. The van der Waals surface area contributed by atoms with Crippen LogP contribution in [0.2, 0.25) is 0 Å². The molecule has 1 aromatic carbocycles. The van der Waals surface area contributed by atoms with Crippen LogP contribution in [0, 0.1) is 5.92 Å². The largest absolute Gasteiger partial charge is 0.490 e. The minimum absolute atomic E-state index is 0.0122. The average molecular weight is 460 g/mol. The van der Waals surface area contributed by atoms with Crippen LogP contribution in [0.25, 0.3) is 0 Å². The second kappa shape index (κ2) is 11.0. The average Bonchev–Trinajstić information content (AvgIpc) is 2.73. The van der Waals surface area contributed by atoms with Crippen molar-refractivity contribution in [2.24, 2.45) is 5.92 Å². The molecule has 0 bridgehead atoms. The summed E-state index contributed by atoms with van der Waals surface area (Å²) in [5.41, 5.74) is 0.927. The van der Waals surface area contributed by atoms with E-state index in [0.717, 1.165) is 56.8 Å². The number of alkyl halides is 3. The summed E-state index contributed by atoms with van der Waals surface area (Å²) >= 11 is 0. The number of nitrogens with zero attached hydrogens (tertiary/aromatic N) is 1. The van der Waals surface area contributed by atoms with Crippen LogP contribution in [0.4, 0.5) is 13.2 Å². The monoisotopic (exact) mass is 460 g/mol. The Hall–Kier alpha value is -2.33. The molecule has 0 aliphatic carbocycles. The van der Waals surface area contributed by atoms with E-state index in [-0.39, 0.29) is 23.5 Å². The highest BCUT2D eigenvalue weighted by Gasteiger charge is 2.43. The fourth-order valence-corrected chi connectivity index (χ4v) is 3.80. The van der Waals surface area contributed by atoms with Crippen LogP contribution in [-0.2, 0) is 14.3 Å². The number of halogens is 3. The molecule has 2 heterocycles. The molecule has 0 saturated carbocycles. The van der Waals surface area contributed by atoms with Gasteiger partial charge in [0.25, 0.3) is 0 Å². The molecule has 180 valence electrons. The molecule has 7 nitrogen and oxygen atoms in total. The number of carboxylic acid groups (broad SMARTS) is 1. The number of rotatable bonds is 5. The molecule has 2 aliphatic heterocycles. The van der Waals surface area contributed by atoms with Crippen LogP contribution in [0.15, 0.2) is 24.3 Å². The van der Waals surface area contributed by atoms with Crippen molar-refractivity contribution in [1.29, 1.82) is 0 Å². The number of aliphatic carboxylic acids is 1. The Balaban J connectivity index is 0.000000451. The lowest BCUT2D eigenvalue weighted by Gasteiger charge is -2.47. The zero-order valence-corrected chi connectivity index (χ0v) is 18.6. The van der Waals surface area contributed by atoms with E-state index < -0.39 is 12.1 Å². The van der Waals surface area contributed by atoms with Gasteiger partial charge in [0.1, 0.15) is 11.4 Å². The molecule has 2 aliphatic rings. The Morgan fingerprint density at radius 3 is 2.41 bits per heavy atom. The van der Waals surface area contributed by atoms with Crippen molar-refractivity contribution in [2.75, 3.05) is 33.4 Å². The second-order valence-electron chi connectivity index (χ2n) is 8.38. The van der Waals surface area contributed by atoms with Crippen molar-refractivity contribution in [2.45, 2.75) is 50.9 Å². The van der Waals surface area contributed by atoms with Crippen LogP contribution in [0.3, 0.4) is 0 Å². The van der Waals surface area contributed by atoms with Gasteiger partial charge in [-0.25, -0.2) is 4.79 Å². The quantitative estimate of drug-likeness (QED) is 0.700. The van der Waals surface area contributed by atoms with E-state index in [1.54, 1.807) is 7.11 Å². The molecule has 1 atom stereocenters. The molecule has 1 fully saturated rings. The summed E-state index contributed by atoms with van der Waals surface area (Å²) in [4.78, 5) is 23.6. The van der Waals surface area contributed by atoms with E-state index in [1.807, 2.05) is 32.0 Å². The Kier molecular flexibility index (Phi) is 8.91. The van der Waals surface area contributed by atoms with Gasteiger partial charge in [-0.2, -0.15) is 13.2 Å². The maximum atomic E-state index is 12.3.